The predicted octanol–water partition coefficient (Wildman–Crippen LogP) is -2.64. The molecule has 0 nitrogen and oxygen atoms in total. The van der Waals surface area contributed by atoms with Crippen molar-refractivity contribution in [2.45, 2.75) is 0 Å². The first-order valence-electron chi connectivity index (χ1n) is 0. The van der Waals surface area contributed by atoms with Gasteiger partial charge in [0.1, 0.15) is 0 Å². The van der Waals surface area contributed by atoms with Gasteiger partial charge >= 0.3 is 0 Å². The van der Waals surface area contributed by atoms with E-state index < -0.39 is 0 Å². The van der Waals surface area contributed by atoms with Crippen LogP contribution in [0.2, 0.25) is 0 Å². The van der Waals surface area contributed by atoms with Crippen LogP contribution in [0, 0.1) is 0 Å². The molecule has 0 bridgehead atoms. The molecule has 0 aromatic heterocycles. The molecule has 0 aliphatic carbocycles. The van der Waals surface area contributed by atoms with Crippen LogP contribution in [0.25, 0.3) is 0 Å². The molecule has 26 valence electrons. The van der Waals surface area contributed by atoms with Gasteiger partial charge in [0.25, 0.3) is 0 Å². The summed E-state index contributed by atoms with van der Waals surface area (Å²) >= 11 is 0. The van der Waals surface area contributed by atoms with Crippen LogP contribution in [-0.4, -0.2) is 19.4 Å². The summed E-state index contributed by atoms with van der Waals surface area (Å²) in [4.78, 5) is 0. The van der Waals surface area contributed by atoms with E-state index in [9.17, 15) is 0 Å². The van der Waals surface area contributed by atoms with Crippen molar-refractivity contribution in [2.24, 2.45) is 0 Å². The average molecular weight is 150 g/mol. The smallest absolute Gasteiger partial charge is 0.0149 e. The summed E-state index contributed by atoms with van der Waals surface area (Å²) in [7, 11) is 0. The molecule has 0 rings (SSSR count). The Labute approximate surface area is 58.1 Å². The van der Waals surface area contributed by atoms with Gasteiger partial charge in [0.15, 0.2) is 0 Å². The summed E-state index contributed by atoms with van der Waals surface area (Å²) < 4.78 is 0. The molecule has 0 amide bonds. The van der Waals surface area contributed by atoms with Gasteiger partial charge in [-0.1, -0.05) is 0 Å². The van der Waals surface area contributed by atoms with E-state index in [4.69, 9.17) is 0 Å². The zero-order chi connectivity index (χ0) is 0. The third-order valence-electron chi connectivity index (χ3n) is 0. The molecule has 0 N–H and O–H groups in total. The third kappa shape index (κ3) is 9.69. The number of rotatable bonds is 0. The van der Waals surface area contributed by atoms with Crippen molar-refractivity contribution in [3.63, 3.8) is 0 Å². The zero-order valence-corrected chi connectivity index (χ0v) is 3.52. The van der Waals surface area contributed by atoms with Crippen LogP contribution < -0.4 is 0 Å². The first-order chi connectivity index (χ1) is 0. The molecule has 0 aromatic rings. The fourth-order valence-corrected chi connectivity index (χ4v) is 0. The molecule has 0 heterocycles. The monoisotopic (exact) mass is 150 g/mol. The summed E-state index contributed by atoms with van der Waals surface area (Å²) in [6.45, 7) is 0. The fourth-order valence-electron chi connectivity index (χ4n) is 0. The Morgan fingerprint density at radius 2 is 1.00 bits per heavy atom. The van der Waals surface area contributed by atoms with Crippen molar-refractivity contribution in [3.05, 3.63) is 0 Å². The van der Waals surface area contributed by atoms with Gasteiger partial charge < -0.3 is 0 Å². The van der Waals surface area contributed by atoms with Gasteiger partial charge in [-0.15, -0.1) is 0 Å². The minimum absolute atomic E-state index is 0. The molecule has 0 fully saturated rings. The van der Waals surface area contributed by atoms with E-state index in [0.717, 1.165) is 0 Å². The van der Waals surface area contributed by atoms with Crippen LogP contribution in [0.1, 0.15) is 0 Å². The predicted molar refractivity (Wildman–Crippen MR) is 21.3 cm³/mol. The van der Waals surface area contributed by atoms with Gasteiger partial charge in [-0.3, -0.25) is 0 Å². The maximum absolute atomic E-state index is 0. The first-order valence-corrected chi connectivity index (χ1v) is 0. The summed E-state index contributed by atoms with van der Waals surface area (Å²) in [5, 5.41) is 0. The van der Waals surface area contributed by atoms with E-state index in [0.29, 0.717) is 0 Å². The summed E-state index contributed by atoms with van der Waals surface area (Å²) in [6, 6.07) is 0. The molecule has 0 atom stereocenters. The largest absolute Gasteiger partial charge is 0.0814 e. The van der Waals surface area contributed by atoms with E-state index in [2.05, 4.69) is 0 Å². The molecule has 0 spiro atoms. The van der Waals surface area contributed by atoms with Gasteiger partial charge in [0.05, 0.1) is 8.41 Å². The Kier molecular flexibility index (Phi) is 297. The number of hydrogen-bond acceptors (Lipinski definition) is 0. The van der Waals surface area contributed by atoms with Crippen LogP contribution in [0.5, 0.6) is 0 Å². The van der Waals surface area contributed by atoms with Crippen LogP contribution >= 0.6 is 0 Å². The molecular weight excluding hydrogens is 143 g/mol. The van der Waals surface area contributed by atoms with Crippen LogP contribution in [0.3, 0.4) is 0 Å². The normalized spacial score (nSPS) is 0. The van der Waals surface area contributed by atoms with Gasteiger partial charge in [-0.25, -0.2) is 0 Å². The molecule has 0 aliphatic rings. The molecule has 0 saturated heterocycles. The maximum atomic E-state index is 0. The minimum atomic E-state index is 0. The summed E-state index contributed by atoms with van der Waals surface area (Å²) in [6.07, 6.45) is 0. The Bertz CT molecular complexity index is 8.00. The fraction of sp³-hybridized carbons (Fsp3) is 0. The molecule has 4 heavy (non-hydrogen) atoms. The van der Waals surface area contributed by atoms with Crippen molar-refractivity contribution >= 4 is 19.4 Å². The van der Waals surface area contributed by atoms with E-state index in [1.807, 2.05) is 0 Å². The quantitative estimate of drug-likeness (QED) is 0.331. The SMILES string of the molecule is B.[Fe].[SiH4].[Ti]. The topological polar surface area (TPSA) is 0 Å². The molecule has 4 heteroatoms. The van der Waals surface area contributed by atoms with E-state index >= 15 is 0 Å². The molecule has 0 aliphatic heterocycles. The van der Waals surface area contributed by atoms with Gasteiger partial charge in [-0.05, 0) is 11.0 Å². The molecular formula is H7BFeSiTi. The van der Waals surface area contributed by atoms with E-state index in [-0.39, 0.29) is 58.2 Å². The Morgan fingerprint density at radius 3 is 1.00 bits per heavy atom. The number of hydrogen-bond donors (Lipinski definition) is 0. The third-order valence-corrected chi connectivity index (χ3v) is 0. The minimum Gasteiger partial charge on any atom is -0.0149 e. The molecule has 0 radical (unpaired) electrons. The Morgan fingerprint density at radius 1 is 1.00 bits per heavy atom. The van der Waals surface area contributed by atoms with Crippen molar-refractivity contribution in [3.8, 4) is 0 Å². The Balaban J connectivity index is 0. The summed E-state index contributed by atoms with van der Waals surface area (Å²) in [5.41, 5.74) is 0. The van der Waals surface area contributed by atoms with Crippen LogP contribution in [0.4, 0.5) is 0 Å². The van der Waals surface area contributed by atoms with Crippen molar-refractivity contribution < 1.29 is 38.8 Å². The van der Waals surface area contributed by atoms with Gasteiger partial charge in [-0.2, -0.15) is 0 Å². The average Bonchev–Trinajstić information content (AvgIpc) is 0. The Hall–Kier alpha value is 1.52. The molecule has 0 aromatic carbocycles. The van der Waals surface area contributed by atoms with Crippen molar-refractivity contribution in [1.29, 1.82) is 0 Å². The first kappa shape index (κ1) is 49.0. The second-order valence-electron chi connectivity index (χ2n) is 0. The second-order valence-corrected chi connectivity index (χ2v) is 0. The second kappa shape index (κ2) is 24.3. The zero-order valence-electron chi connectivity index (χ0n) is 0.854. The molecule has 0 saturated carbocycles. The van der Waals surface area contributed by atoms with Gasteiger partial charge in [0, 0.05) is 38.8 Å². The summed E-state index contributed by atoms with van der Waals surface area (Å²) in [5.74, 6) is 0. The van der Waals surface area contributed by atoms with Crippen molar-refractivity contribution in [2.75, 3.05) is 0 Å². The van der Waals surface area contributed by atoms with E-state index in [1.165, 1.54) is 0 Å². The standard InChI is InChI=1S/BH3.Fe.H4Si.Ti/h1H3;;1H4;. The maximum Gasteiger partial charge on any atom is 0.0814 e. The molecule has 0 unspecified atom stereocenters. The van der Waals surface area contributed by atoms with Crippen LogP contribution in [-0.2, 0) is 38.8 Å². The van der Waals surface area contributed by atoms with Crippen LogP contribution in [0.15, 0.2) is 0 Å². The van der Waals surface area contributed by atoms with Crippen molar-refractivity contribution in [1.82, 2.24) is 0 Å². The van der Waals surface area contributed by atoms with Gasteiger partial charge in [0.2, 0.25) is 0 Å². The van der Waals surface area contributed by atoms with E-state index in [1.54, 1.807) is 0 Å².